The molecule has 6 nitrogen and oxygen atoms in total. The summed E-state index contributed by atoms with van der Waals surface area (Å²) in [5, 5.41) is 10.3. The zero-order valence-corrected chi connectivity index (χ0v) is 9.23. The van der Waals surface area contributed by atoms with E-state index in [0.717, 1.165) is 5.82 Å². The third-order valence-electron chi connectivity index (χ3n) is 1.77. The van der Waals surface area contributed by atoms with E-state index in [9.17, 15) is 4.79 Å². The number of hydrogen-bond acceptors (Lipinski definition) is 4. The Balaban J connectivity index is 2.22. The summed E-state index contributed by atoms with van der Waals surface area (Å²) in [6, 6.07) is 0. The van der Waals surface area contributed by atoms with Gasteiger partial charge in [0.05, 0.1) is 6.10 Å². The molecule has 0 saturated carbocycles. The predicted molar refractivity (Wildman–Crippen MR) is 54.3 cm³/mol. The highest BCUT2D eigenvalue weighted by Crippen LogP contribution is 1.92. The number of hydrogen-bond donors (Lipinski definition) is 1. The number of aromatic nitrogens is 3. The fraction of sp³-hybridized carbons (Fsp3) is 0.667. The minimum atomic E-state index is -0.396. The van der Waals surface area contributed by atoms with Crippen LogP contribution in [0.3, 0.4) is 0 Å². The van der Waals surface area contributed by atoms with E-state index in [1.165, 1.54) is 0 Å². The molecule has 1 aromatic rings. The Hall–Kier alpha value is -1.59. The number of carbonyl (C=O) groups is 1. The number of rotatable bonds is 4. The summed E-state index contributed by atoms with van der Waals surface area (Å²) < 4.78 is 6.72. The van der Waals surface area contributed by atoms with E-state index in [-0.39, 0.29) is 6.10 Å². The molecular weight excluding hydrogens is 196 g/mol. The van der Waals surface area contributed by atoms with Gasteiger partial charge in [-0.25, -0.2) is 4.79 Å². The Morgan fingerprint density at radius 1 is 1.67 bits per heavy atom. The van der Waals surface area contributed by atoms with Crippen LogP contribution in [0.2, 0.25) is 0 Å². The van der Waals surface area contributed by atoms with Crippen LogP contribution in [-0.2, 0) is 18.2 Å². The van der Waals surface area contributed by atoms with Crippen molar-refractivity contribution in [1.29, 1.82) is 0 Å². The molecule has 15 heavy (non-hydrogen) atoms. The quantitative estimate of drug-likeness (QED) is 0.788. The van der Waals surface area contributed by atoms with Gasteiger partial charge in [-0.2, -0.15) is 0 Å². The second-order valence-electron chi connectivity index (χ2n) is 3.49. The van der Waals surface area contributed by atoms with Gasteiger partial charge in [0.25, 0.3) is 0 Å². The highest BCUT2D eigenvalue weighted by Gasteiger charge is 2.05. The van der Waals surface area contributed by atoms with Gasteiger partial charge < -0.3 is 14.6 Å². The minimum absolute atomic E-state index is 0.0974. The molecule has 0 radical (unpaired) electrons. The van der Waals surface area contributed by atoms with Crippen LogP contribution in [0.25, 0.3) is 0 Å². The molecule has 1 rings (SSSR count). The topological polar surface area (TPSA) is 69.0 Å². The standard InChI is InChI=1S/C9H16N4O2/c1-7(2)15-9(14)10-5-4-8-12-11-6-13(8)3/h6-7H,4-5H2,1-3H3,(H,10,14). The van der Waals surface area contributed by atoms with Crippen LogP contribution in [0, 0.1) is 0 Å². The SMILES string of the molecule is CC(C)OC(=O)NCCc1nncn1C. The van der Waals surface area contributed by atoms with Crippen LogP contribution in [0.5, 0.6) is 0 Å². The predicted octanol–water partition coefficient (Wildman–Crippen LogP) is 0.492. The van der Waals surface area contributed by atoms with E-state index in [1.54, 1.807) is 6.33 Å². The Bertz CT molecular complexity index is 322. The Kier molecular flexibility index (Phi) is 4.08. The normalized spacial score (nSPS) is 10.4. The van der Waals surface area contributed by atoms with Gasteiger partial charge in [-0.05, 0) is 13.8 Å². The van der Waals surface area contributed by atoms with Gasteiger partial charge in [-0.1, -0.05) is 0 Å². The number of nitrogens with one attached hydrogen (secondary N) is 1. The summed E-state index contributed by atoms with van der Waals surface area (Å²) in [4.78, 5) is 11.1. The highest BCUT2D eigenvalue weighted by molar-refractivity contribution is 5.67. The van der Waals surface area contributed by atoms with Crippen LogP contribution in [-0.4, -0.2) is 33.5 Å². The molecule has 0 aliphatic rings. The molecule has 0 aliphatic heterocycles. The second kappa shape index (κ2) is 5.33. The summed E-state index contributed by atoms with van der Waals surface area (Å²) in [5.41, 5.74) is 0. The van der Waals surface area contributed by atoms with Crippen molar-refractivity contribution < 1.29 is 9.53 Å². The lowest BCUT2D eigenvalue weighted by atomic mass is 10.4. The summed E-state index contributed by atoms with van der Waals surface area (Å²) in [6.07, 6.45) is 1.78. The molecule has 0 bridgehead atoms. The molecule has 0 aliphatic carbocycles. The lowest BCUT2D eigenvalue weighted by Gasteiger charge is -2.08. The van der Waals surface area contributed by atoms with Crippen molar-refractivity contribution in [3.63, 3.8) is 0 Å². The fourth-order valence-corrected chi connectivity index (χ4v) is 1.07. The van der Waals surface area contributed by atoms with Crippen molar-refractivity contribution in [3.05, 3.63) is 12.2 Å². The van der Waals surface area contributed by atoms with Crippen molar-refractivity contribution in [1.82, 2.24) is 20.1 Å². The largest absolute Gasteiger partial charge is 0.447 e. The summed E-state index contributed by atoms with van der Waals surface area (Å²) >= 11 is 0. The molecule has 0 atom stereocenters. The first-order valence-electron chi connectivity index (χ1n) is 4.87. The van der Waals surface area contributed by atoms with Crippen LogP contribution in [0.4, 0.5) is 4.79 Å². The smallest absolute Gasteiger partial charge is 0.407 e. The summed E-state index contributed by atoms with van der Waals surface area (Å²) in [5.74, 6) is 0.833. The van der Waals surface area contributed by atoms with E-state index < -0.39 is 6.09 Å². The molecule has 6 heteroatoms. The number of ether oxygens (including phenoxy) is 1. The summed E-state index contributed by atoms with van der Waals surface area (Å²) in [6.45, 7) is 4.11. The van der Waals surface area contributed by atoms with E-state index >= 15 is 0 Å². The Morgan fingerprint density at radius 2 is 2.40 bits per heavy atom. The molecule has 0 aromatic carbocycles. The monoisotopic (exact) mass is 212 g/mol. The van der Waals surface area contributed by atoms with E-state index in [0.29, 0.717) is 13.0 Å². The third-order valence-corrected chi connectivity index (χ3v) is 1.77. The number of aryl methyl sites for hydroxylation is 1. The average Bonchev–Trinajstić information content (AvgIpc) is 2.50. The molecule has 1 N–H and O–H groups in total. The molecule has 1 heterocycles. The van der Waals surface area contributed by atoms with Crippen LogP contribution >= 0.6 is 0 Å². The van der Waals surface area contributed by atoms with E-state index in [1.807, 2.05) is 25.5 Å². The van der Waals surface area contributed by atoms with Gasteiger partial charge in [0.1, 0.15) is 12.2 Å². The molecule has 0 unspecified atom stereocenters. The van der Waals surface area contributed by atoms with Gasteiger partial charge in [0.2, 0.25) is 0 Å². The minimum Gasteiger partial charge on any atom is -0.447 e. The number of carbonyl (C=O) groups excluding carboxylic acids is 1. The van der Waals surface area contributed by atoms with Crippen molar-refractivity contribution >= 4 is 6.09 Å². The van der Waals surface area contributed by atoms with Crippen molar-refractivity contribution in [2.24, 2.45) is 7.05 Å². The maximum absolute atomic E-state index is 11.1. The van der Waals surface area contributed by atoms with Crippen molar-refractivity contribution in [2.75, 3.05) is 6.54 Å². The first-order chi connectivity index (χ1) is 7.09. The maximum atomic E-state index is 11.1. The van der Waals surface area contributed by atoms with Crippen molar-refractivity contribution in [3.8, 4) is 0 Å². The fourth-order valence-electron chi connectivity index (χ4n) is 1.07. The maximum Gasteiger partial charge on any atom is 0.407 e. The Morgan fingerprint density at radius 3 is 2.93 bits per heavy atom. The van der Waals surface area contributed by atoms with E-state index in [2.05, 4.69) is 15.5 Å². The van der Waals surface area contributed by atoms with Gasteiger partial charge in [0.15, 0.2) is 0 Å². The van der Waals surface area contributed by atoms with Gasteiger partial charge in [-0.15, -0.1) is 10.2 Å². The first kappa shape index (κ1) is 11.5. The van der Waals surface area contributed by atoms with E-state index in [4.69, 9.17) is 4.74 Å². The van der Waals surface area contributed by atoms with Gasteiger partial charge >= 0.3 is 6.09 Å². The molecular formula is C9H16N4O2. The molecule has 0 saturated heterocycles. The lowest BCUT2D eigenvalue weighted by molar-refractivity contribution is 0.116. The van der Waals surface area contributed by atoms with Gasteiger partial charge in [-0.3, -0.25) is 0 Å². The van der Waals surface area contributed by atoms with Crippen molar-refractivity contribution in [2.45, 2.75) is 26.4 Å². The average molecular weight is 212 g/mol. The third kappa shape index (κ3) is 3.97. The first-order valence-corrected chi connectivity index (χ1v) is 4.87. The Labute approximate surface area is 88.6 Å². The molecule has 84 valence electrons. The van der Waals surface area contributed by atoms with Crippen LogP contribution in [0.1, 0.15) is 19.7 Å². The van der Waals surface area contributed by atoms with Crippen LogP contribution < -0.4 is 5.32 Å². The zero-order valence-electron chi connectivity index (χ0n) is 9.23. The molecule has 0 spiro atoms. The van der Waals surface area contributed by atoms with Gasteiger partial charge in [0, 0.05) is 20.0 Å². The molecule has 0 fully saturated rings. The lowest BCUT2D eigenvalue weighted by Crippen LogP contribution is -2.29. The highest BCUT2D eigenvalue weighted by atomic mass is 16.6. The number of nitrogens with zero attached hydrogens (tertiary/aromatic N) is 3. The number of amides is 1. The zero-order chi connectivity index (χ0) is 11.3. The second-order valence-corrected chi connectivity index (χ2v) is 3.49. The molecule has 1 aromatic heterocycles. The van der Waals surface area contributed by atoms with Crippen LogP contribution in [0.15, 0.2) is 6.33 Å². The summed E-state index contributed by atoms with van der Waals surface area (Å²) in [7, 11) is 1.86. The number of alkyl carbamates (subject to hydrolysis) is 1. The molecule has 1 amide bonds.